The van der Waals surface area contributed by atoms with Crippen molar-refractivity contribution in [2.45, 2.75) is 39.2 Å². The fourth-order valence-electron chi connectivity index (χ4n) is 4.94. The Morgan fingerprint density at radius 2 is 1.72 bits per heavy atom. The van der Waals surface area contributed by atoms with Crippen molar-refractivity contribution >= 4 is 28.5 Å². The number of hydrogen-bond donors (Lipinski definition) is 0. The van der Waals surface area contributed by atoms with Crippen LogP contribution in [0.4, 0.5) is 16.2 Å². The van der Waals surface area contributed by atoms with Crippen molar-refractivity contribution < 1.29 is 19.0 Å². The molecule has 0 saturated carbocycles. The summed E-state index contributed by atoms with van der Waals surface area (Å²) in [4.78, 5) is 25.9. The third-order valence-electron chi connectivity index (χ3n) is 7.18. The fourth-order valence-corrected chi connectivity index (χ4v) is 4.94. The van der Waals surface area contributed by atoms with E-state index in [9.17, 15) is 4.79 Å². The molecule has 1 aliphatic rings. The Morgan fingerprint density at radius 3 is 2.35 bits per heavy atom. The minimum absolute atomic E-state index is 0.199. The zero-order valence-electron chi connectivity index (χ0n) is 25.6. The first-order valence-electron chi connectivity index (χ1n) is 14.3. The van der Waals surface area contributed by atoms with Crippen LogP contribution in [0.25, 0.3) is 22.3 Å². The van der Waals surface area contributed by atoms with E-state index in [0.29, 0.717) is 31.1 Å². The Labute approximate surface area is 252 Å². The number of anilines is 2. The van der Waals surface area contributed by atoms with Crippen molar-refractivity contribution in [3.05, 3.63) is 55.0 Å². The second-order valence-electron chi connectivity index (χ2n) is 11.6. The Kier molecular flexibility index (Phi) is 8.71. The lowest BCUT2D eigenvalue weighted by atomic mass is 9.98. The van der Waals surface area contributed by atoms with Crippen LogP contribution in [0, 0.1) is 17.8 Å². The van der Waals surface area contributed by atoms with E-state index < -0.39 is 5.60 Å². The first kappa shape index (κ1) is 29.7. The maximum atomic E-state index is 12.5. The molecule has 0 bridgehead atoms. The van der Waals surface area contributed by atoms with E-state index >= 15 is 0 Å². The van der Waals surface area contributed by atoms with E-state index in [1.807, 2.05) is 70.4 Å². The van der Waals surface area contributed by atoms with Crippen LogP contribution in [-0.4, -0.2) is 70.2 Å². The van der Waals surface area contributed by atoms with Gasteiger partial charge in [-0.15, -0.1) is 0 Å². The number of nitrogens with zero attached hydrogens (tertiary/aromatic N) is 6. The van der Waals surface area contributed by atoms with Crippen LogP contribution >= 0.6 is 0 Å². The van der Waals surface area contributed by atoms with E-state index in [0.717, 1.165) is 46.5 Å². The predicted molar refractivity (Wildman–Crippen MR) is 167 cm³/mol. The van der Waals surface area contributed by atoms with Gasteiger partial charge in [0.15, 0.2) is 0 Å². The number of ether oxygens (including phenoxy) is 3. The first-order chi connectivity index (χ1) is 20.6. The molecule has 1 fully saturated rings. The second kappa shape index (κ2) is 12.6. The zero-order valence-corrected chi connectivity index (χ0v) is 25.6. The summed E-state index contributed by atoms with van der Waals surface area (Å²) >= 11 is 0. The van der Waals surface area contributed by atoms with Gasteiger partial charge < -0.3 is 24.0 Å². The van der Waals surface area contributed by atoms with Crippen molar-refractivity contribution in [3.63, 3.8) is 0 Å². The van der Waals surface area contributed by atoms with Gasteiger partial charge in [-0.3, -0.25) is 9.67 Å². The van der Waals surface area contributed by atoms with Gasteiger partial charge in [0.1, 0.15) is 17.1 Å². The highest BCUT2D eigenvalue weighted by molar-refractivity contribution is 5.83. The summed E-state index contributed by atoms with van der Waals surface area (Å²) in [7, 11) is 5.15. The van der Waals surface area contributed by atoms with Gasteiger partial charge in [0.05, 0.1) is 49.9 Å². The van der Waals surface area contributed by atoms with Gasteiger partial charge in [0.2, 0.25) is 0 Å². The molecule has 4 aromatic rings. The number of methoxy groups -OCH3 is 2. The molecule has 10 heteroatoms. The highest BCUT2D eigenvalue weighted by Crippen LogP contribution is 2.34. The summed E-state index contributed by atoms with van der Waals surface area (Å²) < 4.78 is 18.4. The average Bonchev–Trinajstić information content (AvgIpc) is 3.44. The minimum atomic E-state index is -0.505. The summed E-state index contributed by atoms with van der Waals surface area (Å²) in [6, 6.07) is 11.8. The number of hydrogen-bond acceptors (Lipinski definition) is 8. The summed E-state index contributed by atoms with van der Waals surface area (Å²) in [6.45, 7) is 7.35. The lowest BCUT2D eigenvalue weighted by Gasteiger charge is -2.32. The molecule has 1 aliphatic heterocycles. The van der Waals surface area contributed by atoms with Crippen LogP contribution in [0.15, 0.2) is 55.0 Å². The molecular weight excluding hydrogens is 544 g/mol. The Hall–Kier alpha value is -4.78. The predicted octanol–water partition coefficient (Wildman–Crippen LogP) is 5.84. The van der Waals surface area contributed by atoms with Crippen LogP contribution in [0.3, 0.4) is 0 Å². The van der Waals surface area contributed by atoms with Gasteiger partial charge in [0, 0.05) is 67.4 Å². The molecule has 0 N–H and O–H groups in total. The summed E-state index contributed by atoms with van der Waals surface area (Å²) in [5.41, 5.74) is 4.50. The number of aromatic nitrogens is 4. The maximum absolute atomic E-state index is 12.5. The van der Waals surface area contributed by atoms with Gasteiger partial charge in [-0.05, 0) is 51.8 Å². The monoisotopic (exact) mass is 582 g/mol. The number of fused-ring (bicyclic) bond motifs is 1. The van der Waals surface area contributed by atoms with Crippen molar-refractivity contribution in [1.82, 2.24) is 24.6 Å². The van der Waals surface area contributed by atoms with Gasteiger partial charge >= 0.3 is 6.09 Å². The van der Waals surface area contributed by atoms with Gasteiger partial charge in [-0.2, -0.15) is 5.10 Å². The number of amides is 1. The summed E-state index contributed by atoms with van der Waals surface area (Å²) in [6.07, 6.45) is 6.82. The molecule has 224 valence electrons. The van der Waals surface area contributed by atoms with E-state index in [4.69, 9.17) is 19.2 Å². The lowest BCUT2D eigenvalue weighted by molar-refractivity contribution is 0.0199. The molecule has 2 aromatic carbocycles. The average molecular weight is 583 g/mol. The maximum Gasteiger partial charge on any atom is 0.410 e. The second-order valence-corrected chi connectivity index (χ2v) is 11.6. The largest absolute Gasteiger partial charge is 0.497 e. The Balaban J connectivity index is 1.41. The molecule has 5 rings (SSSR count). The SMILES string of the molecule is COc1cc(OC)cc(N(CC#CC2CCN(C(=O)OC(C)(C)C)CC2)c2ccc3ncc(-c4cnn(C)c4)nc3c2)c1. The van der Waals surface area contributed by atoms with Crippen LogP contribution in [0.1, 0.15) is 33.6 Å². The number of aryl methyl sites for hydroxylation is 1. The molecule has 0 atom stereocenters. The molecule has 3 heterocycles. The smallest absolute Gasteiger partial charge is 0.410 e. The van der Waals surface area contributed by atoms with Gasteiger partial charge in [-0.25, -0.2) is 9.78 Å². The Bertz CT molecular complexity index is 1640. The van der Waals surface area contributed by atoms with Gasteiger partial charge in [-0.1, -0.05) is 11.8 Å². The van der Waals surface area contributed by atoms with Gasteiger partial charge in [0.25, 0.3) is 0 Å². The number of benzene rings is 2. The molecule has 43 heavy (non-hydrogen) atoms. The topological polar surface area (TPSA) is 94.8 Å². The number of rotatable bonds is 6. The van der Waals surface area contributed by atoms with E-state index in [1.165, 1.54) is 0 Å². The molecular formula is C33H38N6O4. The van der Waals surface area contributed by atoms with E-state index in [-0.39, 0.29) is 12.0 Å². The number of carbonyl (C=O) groups is 1. The quantitative estimate of drug-likeness (QED) is 0.262. The third kappa shape index (κ3) is 7.36. The van der Waals surface area contributed by atoms with E-state index in [2.05, 4.69) is 26.8 Å². The molecule has 1 amide bonds. The van der Waals surface area contributed by atoms with Crippen molar-refractivity contribution in [1.29, 1.82) is 0 Å². The van der Waals surface area contributed by atoms with Crippen molar-refractivity contribution in [2.75, 3.05) is 38.8 Å². The summed E-state index contributed by atoms with van der Waals surface area (Å²) in [5, 5.41) is 4.27. The molecule has 10 nitrogen and oxygen atoms in total. The molecule has 0 aliphatic carbocycles. The molecule has 0 spiro atoms. The van der Waals surface area contributed by atoms with E-state index in [1.54, 1.807) is 36.2 Å². The van der Waals surface area contributed by atoms with Crippen molar-refractivity contribution in [2.24, 2.45) is 13.0 Å². The standard InChI is InChI=1S/C33H38N6O4/c1-33(2,3)43-32(40)38-14-11-23(12-15-38)8-7-13-39(26-16-27(41-5)19-28(17-26)42-6)25-9-10-29-30(18-25)36-31(21-34-29)24-20-35-37(4)22-24/h9-10,16-23H,11-15H2,1-6H3. The van der Waals surface area contributed by atoms with Crippen LogP contribution in [-0.2, 0) is 11.8 Å². The minimum Gasteiger partial charge on any atom is -0.497 e. The highest BCUT2D eigenvalue weighted by atomic mass is 16.6. The normalized spacial score (nSPS) is 13.8. The van der Waals surface area contributed by atoms with Crippen LogP contribution in [0.2, 0.25) is 0 Å². The number of carbonyl (C=O) groups excluding carboxylic acids is 1. The van der Waals surface area contributed by atoms with Crippen molar-refractivity contribution in [3.8, 4) is 34.6 Å². The third-order valence-corrected chi connectivity index (χ3v) is 7.18. The summed E-state index contributed by atoms with van der Waals surface area (Å²) in [5.74, 6) is 8.43. The highest BCUT2D eigenvalue weighted by Gasteiger charge is 2.26. The molecule has 0 radical (unpaired) electrons. The zero-order chi connectivity index (χ0) is 30.6. The first-order valence-corrected chi connectivity index (χ1v) is 14.3. The Morgan fingerprint density at radius 1 is 1.00 bits per heavy atom. The lowest BCUT2D eigenvalue weighted by Crippen LogP contribution is -2.41. The molecule has 2 aromatic heterocycles. The van der Waals surface area contributed by atoms with Crippen LogP contribution < -0.4 is 14.4 Å². The molecule has 0 unspecified atom stereocenters. The van der Waals surface area contributed by atoms with Crippen LogP contribution in [0.5, 0.6) is 11.5 Å². The number of piperidine rings is 1. The number of likely N-dealkylation sites (tertiary alicyclic amines) is 1. The molecule has 1 saturated heterocycles. The fraction of sp³-hybridized carbons (Fsp3) is 0.394.